The van der Waals surface area contributed by atoms with E-state index in [0.29, 0.717) is 24.3 Å². The second kappa shape index (κ2) is 5.75. The second-order valence-corrected chi connectivity index (χ2v) is 5.79. The molecule has 0 aromatic carbocycles. The quantitative estimate of drug-likeness (QED) is 0.869. The number of pyridine rings is 1. The first kappa shape index (κ1) is 14.5. The van der Waals surface area contributed by atoms with E-state index in [9.17, 15) is 9.59 Å². The van der Waals surface area contributed by atoms with Gasteiger partial charge in [0.05, 0.1) is 0 Å². The van der Waals surface area contributed by atoms with Gasteiger partial charge in [-0.15, -0.1) is 0 Å². The van der Waals surface area contributed by atoms with Crippen molar-refractivity contribution in [2.75, 3.05) is 13.1 Å². The van der Waals surface area contributed by atoms with Gasteiger partial charge >= 0.3 is 0 Å². The number of amides is 1. The average molecular weight is 301 g/mol. The third kappa shape index (κ3) is 2.93. The average Bonchev–Trinajstić information content (AvgIpc) is 2.92. The topological polar surface area (TPSA) is 94.7 Å². The Bertz CT molecular complexity index is 748. The SMILES string of the molecule is Cc1cc(C(=O)N2CCCC(c3n[nH]c(C)n3)C2)cc(=O)[nH]1. The summed E-state index contributed by atoms with van der Waals surface area (Å²) in [5, 5.41) is 7.05. The highest BCUT2D eigenvalue weighted by atomic mass is 16.2. The Labute approximate surface area is 127 Å². The molecular formula is C15H19N5O2. The molecule has 1 aliphatic heterocycles. The standard InChI is InChI=1S/C15H19N5O2/c1-9-6-12(7-13(21)16-9)15(22)20-5-3-4-11(8-20)14-17-10(2)18-19-14/h6-7,11H,3-5,8H2,1-2H3,(H,16,21)(H,17,18,19). The number of aryl methyl sites for hydroxylation is 2. The van der Waals surface area contributed by atoms with E-state index in [4.69, 9.17) is 0 Å². The number of aromatic amines is 2. The summed E-state index contributed by atoms with van der Waals surface area (Å²) in [5.74, 6) is 1.58. The molecule has 7 heteroatoms. The lowest BCUT2D eigenvalue weighted by atomic mass is 9.96. The van der Waals surface area contributed by atoms with Crippen LogP contribution in [0.15, 0.2) is 16.9 Å². The highest BCUT2D eigenvalue weighted by molar-refractivity contribution is 5.94. The Hall–Kier alpha value is -2.44. The van der Waals surface area contributed by atoms with Crippen LogP contribution in [0.4, 0.5) is 0 Å². The van der Waals surface area contributed by atoms with Gasteiger partial charge in [-0.2, -0.15) is 5.10 Å². The number of hydrogen-bond donors (Lipinski definition) is 2. The van der Waals surface area contributed by atoms with Crippen LogP contribution in [-0.4, -0.2) is 44.1 Å². The van der Waals surface area contributed by atoms with Crippen molar-refractivity contribution < 1.29 is 4.79 Å². The van der Waals surface area contributed by atoms with Crippen LogP contribution in [0.1, 0.15) is 46.5 Å². The van der Waals surface area contributed by atoms with Crippen LogP contribution in [0.5, 0.6) is 0 Å². The molecule has 0 aliphatic carbocycles. The molecule has 1 atom stereocenters. The summed E-state index contributed by atoms with van der Waals surface area (Å²) in [5.41, 5.74) is 0.878. The van der Waals surface area contributed by atoms with E-state index in [1.54, 1.807) is 17.9 Å². The summed E-state index contributed by atoms with van der Waals surface area (Å²) >= 11 is 0. The van der Waals surface area contributed by atoms with Gasteiger partial charge in [-0.05, 0) is 32.8 Å². The minimum atomic E-state index is -0.249. The van der Waals surface area contributed by atoms with E-state index in [1.807, 2.05) is 6.92 Å². The number of H-pyrrole nitrogens is 2. The largest absolute Gasteiger partial charge is 0.338 e. The van der Waals surface area contributed by atoms with E-state index in [0.717, 1.165) is 24.5 Å². The molecule has 7 nitrogen and oxygen atoms in total. The first-order valence-corrected chi connectivity index (χ1v) is 7.42. The molecule has 1 unspecified atom stereocenters. The number of carbonyl (C=O) groups is 1. The van der Waals surface area contributed by atoms with E-state index in [2.05, 4.69) is 20.2 Å². The molecule has 2 aromatic rings. The Morgan fingerprint density at radius 1 is 1.36 bits per heavy atom. The maximum atomic E-state index is 12.6. The number of rotatable bonds is 2. The minimum Gasteiger partial charge on any atom is -0.338 e. The summed E-state index contributed by atoms with van der Waals surface area (Å²) in [6.07, 6.45) is 1.88. The number of carbonyl (C=O) groups excluding carboxylic acids is 1. The molecule has 0 radical (unpaired) electrons. The van der Waals surface area contributed by atoms with E-state index >= 15 is 0 Å². The molecule has 1 aliphatic rings. The fraction of sp³-hybridized carbons (Fsp3) is 0.467. The second-order valence-electron chi connectivity index (χ2n) is 5.79. The zero-order valence-electron chi connectivity index (χ0n) is 12.7. The van der Waals surface area contributed by atoms with Crippen molar-refractivity contribution in [3.8, 4) is 0 Å². The van der Waals surface area contributed by atoms with Gasteiger partial charge in [0.15, 0.2) is 5.82 Å². The molecule has 1 amide bonds. The highest BCUT2D eigenvalue weighted by Gasteiger charge is 2.27. The molecule has 116 valence electrons. The molecular weight excluding hydrogens is 282 g/mol. The van der Waals surface area contributed by atoms with E-state index < -0.39 is 0 Å². The molecule has 1 fully saturated rings. The summed E-state index contributed by atoms with van der Waals surface area (Å²) in [4.78, 5) is 33.0. The fourth-order valence-electron chi connectivity index (χ4n) is 2.90. The molecule has 3 rings (SSSR count). The van der Waals surface area contributed by atoms with Crippen LogP contribution in [0.2, 0.25) is 0 Å². The Balaban J connectivity index is 1.79. The molecule has 2 aromatic heterocycles. The molecule has 0 spiro atoms. The number of nitrogens with zero attached hydrogens (tertiary/aromatic N) is 3. The fourth-order valence-corrected chi connectivity index (χ4v) is 2.90. The Morgan fingerprint density at radius 2 is 2.18 bits per heavy atom. The molecule has 0 saturated carbocycles. The van der Waals surface area contributed by atoms with Crippen LogP contribution >= 0.6 is 0 Å². The smallest absolute Gasteiger partial charge is 0.254 e. The number of piperidine rings is 1. The van der Waals surface area contributed by atoms with Crippen molar-refractivity contribution in [1.82, 2.24) is 25.1 Å². The van der Waals surface area contributed by atoms with Gasteiger partial charge in [0.25, 0.3) is 5.91 Å². The van der Waals surface area contributed by atoms with Gasteiger partial charge in [-0.1, -0.05) is 0 Å². The van der Waals surface area contributed by atoms with Gasteiger partial charge in [-0.3, -0.25) is 14.7 Å². The molecule has 22 heavy (non-hydrogen) atoms. The molecule has 0 bridgehead atoms. The van der Waals surface area contributed by atoms with Gasteiger partial charge in [0, 0.05) is 36.3 Å². The number of nitrogens with one attached hydrogen (secondary N) is 2. The van der Waals surface area contributed by atoms with Crippen LogP contribution in [0, 0.1) is 13.8 Å². The predicted octanol–water partition coefficient (Wildman–Crippen LogP) is 1.13. The monoisotopic (exact) mass is 301 g/mol. The van der Waals surface area contributed by atoms with Crippen molar-refractivity contribution >= 4 is 5.91 Å². The minimum absolute atomic E-state index is 0.105. The maximum Gasteiger partial charge on any atom is 0.254 e. The zero-order valence-corrected chi connectivity index (χ0v) is 12.7. The van der Waals surface area contributed by atoms with Gasteiger partial charge in [0.2, 0.25) is 5.56 Å². The normalized spacial score (nSPS) is 18.5. The summed E-state index contributed by atoms with van der Waals surface area (Å²) in [7, 11) is 0. The van der Waals surface area contributed by atoms with Gasteiger partial charge < -0.3 is 9.88 Å². The molecule has 3 heterocycles. The Morgan fingerprint density at radius 3 is 2.86 bits per heavy atom. The summed E-state index contributed by atoms with van der Waals surface area (Å²) in [6.45, 7) is 4.92. The lowest BCUT2D eigenvalue weighted by molar-refractivity contribution is 0.0704. The summed E-state index contributed by atoms with van der Waals surface area (Å²) in [6, 6.07) is 3.07. The highest BCUT2D eigenvalue weighted by Crippen LogP contribution is 2.25. The molecule has 1 saturated heterocycles. The van der Waals surface area contributed by atoms with Gasteiger partial charge in [0.1, 0.15) is 5.82 Å². The van der Waals surface area contributed by atoms with Crippen molar-refractivity contribution in [3.63, 3.8) is 0 Å². The first-order valence-electron chi connectivity index (χ1n) is 7.42. The van der Waals surface area contributed by atoms with Crippen LogP contribution in [-0.2, 0) is 0 Å². The van der Waals surface area contributed by atoms with Crippen molar-refractivity contribution in [2.24, 2.45) is 0 Å². The number of aromatic nitrogens is 4. The third-order valence-corrected chi connectivity index (χ3v) is 3.91. The van der Waals surface area contributed by atoms with Crippen LogP contribution < -0.4 is 5.56 Å². The van der Waals surface area contributed by atoms with Crippen molar-refractivity contribution in [3.05, 3.63) is 45.4 Å². The number of likely N-dealkylation sites (tertiary alicyclic amines) is 1. The van der Waals surface area contributed by atoms with Crippen LogP contribution in [0.3, 0.4) is 0 Å². The Kier molecular flexibility index (Phi) is 3.79. The lowest BCUT2D eigenvalue weighted by Crippen LogP contribution is -2.39. The van der Waals surface area contributed by atoms with E-state index in [1.165, 1.54) is 6.07 Å². The maximum absolute atomic E-state index is 12.6. The van der Waals surface area contributed by atoms with Crippen molar-refractivity contribution in [1.29, 1.82) is 0 Å². The number of hydrogen-bond acceptors (Lipinski definition) is 4. The van der Waals surface area contributed by atoms with E-state index in [-0.39, 0.29) is 17.4 Å². The predicted molar refractivity (Wildman–Crippen MR) is 80.8 cm³/mol. The third-order valence-electron chi connectivity index (χ3n) is 3.91. The van der Waals surface area contributed by atoms with Crippen LogP contribution in [0.25, 0.3) is 0 Å². The zero-order chi connectivity index (χ0) is 15.7. The lowest BCUT2D eigenvalue weighted by Gasteiger charge is -2.31. The van der Waals surface area contributed by atoms with Gasteiger partial charge in [-0.25, -0.2) is 4.98 Å². The van der Waals surface area contributed by atoms with Crippen molar-refractivity contribution in [2.45, 2.75) is 32.6 Å². The first-order chi connectivity index (χ1) is 10.5. The summed E-state index contributed by atoms with van der Waals surface area (Å²) < 4.78 is 0. The molecule has 2 N–H and O–H groups in total.